The molecule has 0 N–H and O–H groups in total. The molecule has 0 radical (unpaired) electrons. The lowest BCUT2D eigenvalue weighted by molar-refractivity contribution is 0.103. The highest BCUT2D eigenvalue weighted by Crippen LogP contribution is 2.29. The molecule has 2 aromatic heterocycles. The largest absolute Gasteiger partial charge is 0.308 e. The second-order valence-corrected chi connectivity index (χ2v) is 13.0. The zero-order valence-electron chi connectivity index (χ0n) is 26.0. The van der Waals surface area contributed by atoms with Gasteiger partial charge in [0, 0.05) is 54.9 Å². The van der Waals surface area contributed by atoms with Crippen LogP contribution in [-0.4, -0.2) is 28.5 Å². The molecule has 2 aliphatic heterocycles. The third kappa shape index (κ3) is 3.53. The van der Waals surface area contributed by atoms with Crippen molar-refractivity contribution in [2.75, 3.05) is 0 Å². The molecule has 7 heteroatoms. The standard InChI is InChI=1S/C42H22BNO5/c1-21-12-15-32-29(18-21)40(47)25-7-4-8-26-36(25)43(32)33-16-13-22(19-30(33)41(26)48)38(45)23-14-17-35-31(20-23)42(49)28-10-5-9-27-37(28)44(35)34-11-3-2-6-24(34)39(27)46/h2-20H,1H3. The number of hydrogen-bond donors (Lipinski definition) is 0. The molecule has 8 aromatic rings. The van der Waals surface area contributed by atoms with Gasteiger partial charge in [-0.3, -0.25) is 24.0 Å². The minimum absolute atomic E-state index is 0.0877. The van der Waals surface area contributed by atoms with E-state index < -0.39 is 0 Å². The van der Waals surface area contributed by atoms with Crippen LogP contribution in [-0.2, 0) is 0 Å². The van der Waals surface area contributed by atoms with Crippen LogP contribution in [0.3, 0.4) is 0 Å². The highest BCUT2D eigenvalue weighted by Gasteiger charge is 2.42. The van der Waals surface area contributed by atoms with Crippen molar-refractivity contribution in [3.63, 3.8) is 0 Å². The van der Waals surface area contributed by atoms with E-state index in [4.69, 9.17) is 0 Å². The average Bonchev–Trinajstić information content (AvgIpc) is 3.13. The summed E-state index contributed by atoms with van der Waals surface area (Å²) in [5.74, 6) is -0.642. The zero-order chi connectivity index (χ0) is 33.3. The SMILES string of the molecule is Cc1ccc2c(c1)C(=O)c1cccc3c1B2c1ccc(C(=O)c2ccc4c(c2)c(=O)c2cccc5c(=O)c6ccccc6n4c52)cc1C3=O. The summed E-state index contributed by atoms with van der Waals surface area (Å²) in [6.07, 6.45) is 0. The lowest BCUT2D eigenvalue weighted by Crippen LogP contribution is -2.63. The fourth-order valence-electron chi connectivity index (χ4n) is 8.20. The first kappa shape index (κ1) is 27.6. The van der Waals surface area contributed by atoms with Gasteiger partial charge in [-0.05, 0) is 67.0 Å². The summed E-state index contributed by atoms with van der Waals surface area (Å²) in [7, 11) is 0. The molecule has 0 amide bonds. The first-order valence-corrected chi connectivity index (χ1v) is 16.1. The Hall–Kier alpha value is -6.47. The van der Waals surface area contributed by atoms with E-state index in [2.05, 4.69) is 0 Å². The molecule has 228 valence electrons. The highest BCUT2D eigenvalue weighted by molar-refractivity contribution is 7.00. The Balaban J connectivity index is 1.15. The van der Waals surface area contributed by atoms with Gasteiger partial charge >= 0.3 is 0 Å². The summed E-state index contributed by atoms with van der Waals surface area (Å²) in [5.41, 5.74) is 7.42. The molecule has 0 bridgehead atoms. The van der Waals surface area contributed by atoms with Crippen LogP contribution in [0.5, 0.6) is 0 Å². The topological polar surface area (TPSA) is 89.8 Å². The van der Waals surface area contributed by atoms with Crippen LogP contribution in [0, 0.1) is 6.92 Å². The maximum atomic E-state index is 14.1. The maximum absolute atomic E-state index is 14.1. The Morgan fingerprint density at radius 2 is 1.10 bits per heavy atom. The number of para-hydroxylation sites is 2. The lowest BCUT2D eigenvalue weighted by atomic mass is 9.30. The van der Waals surface area contributed by atoms with Crippen molar-refractivity contribution in [2.45, 2.75) is 6.92 Å². The van der Waals surface area contributed by atoms with E-state index in [1.54, 1.807) is 72.8 Å². The van der Waals surface area contributed by atoms with Crippen molar-refractivity contribution < 1.29 is 14.4 Å². The van der Waals surface area contributed by atoms with Crippen molar-refractivity contribution in [3.8, 4) is 0 Å². The summed E-state index contributed by atoms with van der Waals surface area (Å²) < 4.78 is 1.93. The van der Waals surface area contributed by atoms with Crippen LogP contribution in [0.1, 0.15) is 53.3 Å². The maximum Gasteiger partial charge on any atom is 0.245 e. The van der Waals surface area contributed by atoms with Crippen LogP contribution >= 0.6 is 0 Å². The van der Waals surface area contributed by atoms with Crippen LogP contribution in [0.2, 0.25) is 0 Å². The number of aryl methyl sites for hydroxylation is 1. The number of carbonyl (C=O) groups excluding carboxylic acids is 3. The minimum atomic E-state index is -0.325. The quantitative estimate of drug-likeness (QED) is 0.120. The first-order valence-electron chi connectivity index (χ1n) is 16.1. The zero-order valence-corrected chi connectivity index (χ0v) is 26.0. The van der Waals surface area contributed by atoms with Gasteiger partial charge in [0.2, 0.25) is 6.71 Å². The van der Waals surface area contributed by atoms with Crippen molar-refractivity contribution in [1.29, 1.82) is 0 Å². The van der Waals surface area contributed by atoms with E-state index in [-0.39, 0.29) is 34.9 Å². The van der Waals surface area contributed by atoms with Gasteiger partial charge < -0.3 is 4.40 Å². The molecule has 0 atom stereocenters. The van der Waals surface area contributed by atoms with E-state index in [1.165, 1.54) is 0 Å². The third-order valence-corrected chi connectivity index (χ3v) is 10.4. The van der Waals surface area contributed by atoms with Crippen molar-refractivity contribution in [3.05, 3.63) is 175 Å². The molecule has 0 fully saturated rings. The van der Waals surface area contributed by atoms with Crippen LogP contribution in [0.4, 0.5) is 0 Å². The van der Waals surface area contributed by atoms with E-state index in [9.17, 15) is 24.0 Å². The number of aromatic nitrogens is 1. The smallest absolute Gasteiger partial charge is 0.245 e. The third-order valence-electron chi connectivity index (χ3n) is 10.4. The van der Waals surface area contributed by atoms with E-state index >= 15 is 0 Å². The Kier molecular flexibility index (Phi) is 5.38. The van der Waals surface area contributed by atoms with Crippen molar-refractivity contribution in [2.24, 2.45) is 0 Å². The molecule has 10 rings (SSSR count). The Bertz CT molecular complexity index is 3010. The number of benzene rings is 6. The molecule has 6 aromatic carbocycles. The molecular weight excluding hydrogens is 609 g/mol. The fourth-order valence-corrected chi connectivity index (χ4v) is 8.20. The molecule has 2 aliphatic rings. The molecular formula is C42H22BNO5. The predicted octanol–water partition coefficient (Wildman–Crippen LogP) is 4.70. The summed E-state index contributed by atoms with van der Waals surface area (Å²) >= 11 is 0. The van der Waals surface area contributed by atoms with Gasteiger partial charge in [0.1, 0.15) is 0 Å². The van der Waals surface area contributed by atoms with Crippen LogP contribution in [0.25, 0.3) is 38.1 Å². The van der Waals surface area contributed by atoms with Gasteiger partial charge in [-0.25, -0.2) is 0 Å². The monoisotopic (exact) mass is 631 g/mol. The van der Waals surface area contributed by atoms with Gasteiger partial charge in [-0.1, -0.05) is 77.2 Å². The second-order valence-electron chi connectivity index (χ2n) is 13.0. The number of ketones is 3. The number of nitrogens with zero attached hydrogens (tertiary/aromatic N) is 1. The van der Waals surface area contributed by atoms with Gasteiger partial charge in [0.25, 0.3) is 0 Å². The van der Waals surface area contributed by atoms with Crippen LogP contribution < -0.4 is 27.2 Å². The lowest BCUT2D eigenvalue weighted by Gasteiger charge is -2.32. The van der Waals surface area contributed by atoms with E-state index in [0.717, 1.165) is 22.0 Å². The molecule has 0 unspecified atom stereocenters. The Labute approximate surface area is 278 Å². The van der Waals surface area contributed by atoms with Crippen molar-refractivity contribution >= 4 is 78.5 Å². The number of carbonyl (C=O) groups is 3. The normalized spacial score (nSPS) is 13.3. The van der Waals surface area contributed by atoms with Crippen molar-refractivity contribution in [1.82, 2.24) is 4.40 Å². The van der Waals surface area contributed by atoms with Gasteiger partial charge in [0.15, 0.2) is 28.2 Å². The van der Waals surface area contributed by atoms with Gasteiger partial charge in [-0.2, -0.15) is 0 Å². The molecule has 0 spiro atoms. The molecule has 0 saturated heterocycles. The summed E-state index contributed by atoms with van der Waals surface area (Å²) in [5, 5.41) is 1.76. The molecule has 4 heterocycles. The van der Waals surface area contributed by atoms with E-state index in [0.29, 0.717) is 71.5 Å². The Morgan fingerprint density at radius 1 is 0.531 bits per heavy atom. The molecule has 0 saturated carbocycles. The minimum Gasteiger partial charge on any atom is -0.308 e. The number of pyridine rings is 2. The number of rotatable bonds is 2. The van der Waals surface area contributed by atoms with Gasteiger partial charge in [0.05, 0.1) is 16.6 Å². The van der Waals surface area contributed by atoms with Gasteiger partial charge in [-0.15, -0.1) is 0 Å². The predicted molar refractivity (Wildman–Crippen MR) is 193 cm³/mol. The molecule has 0 aliphatic carbocycles. The highest BCUT2D eigenvalue weighted by atomic mass is 16.1. The first-order chi connectivity index (χ1) is 23.8. The average molecular weight is 631 g/mol. The van der Waals surface area contributed by atoms with Crippen LogP contribution in [0.15, 0.2) is 125 Å². The number of hydrogen-bond acceptors (Lipinski definition) is 5. The second kappa shape index (κ2) is 9.55. The summed E-state index contributed by atoms with van der Waals surface area (Å²) in [6, 6.07) is 33.9. The fraction of sp³-hybridized carbons (Fsp3) is 0.0238. The Morgan fingerprint density at radius 3 is 1.86 bits per heavy atom. The summed E-state index contributed by atoms with van der Waals surface area (Å²) in [4.78, 5) is 69.0. The summed E-state index contributed by atoms with van der Waals surface area (Å²) in [6.45, 7) is 1.63. The molecule has 49 heavy (non-hydrogen) atoms. The number of fused-ring (bicyclic) bond motifs is 8. The molecule has 6 nitrogen and oxygen atoms in total. The van der Waals surface area contributed by atoms with E-state index in [1.807, 2.05) is 53.8 Å².